The quantitative estimate of drug-likeness (QED) is 0.888. The Bertz CT molecular complexity index is 630. The molecule has 20 heavy (non-hydrogen) atoms. The van der Waals surface area contributed by atoms with E-state index in [1.807, 2.05) is 12.1 Å². The van der Waals surface area contributed by atoms with Gasteiger partial charge >= 0.3 is 0 Å². The first-order valence-corrected chi connectivity index (χ1v) is 6.80. The number of aryl methyl sites for hydroxylation is 1. The average Bonchev–Trinajstić information content (AvgIpc) is 3.29. The maximum absolute atomic E-state index is 13.9. The summed E-state index contributed by atoms with van der Waals surface area (Å²) in [5, 5.41) is 10.2. The summed E-state index contributed by atoms with van der Waals surface area (Å²) < 4.78 is 27.4. The van der Waals surface area contributed by atoms with E-state index in [1.54, 1.807) is 12.1 Å². The summed E-state index contributed by atoms with van der Waals surface area (Å²) in [7, 11) is 0. The van der Waals surface area contributed by atoms with Crippen LogP contribution in [0.25, 0.3) is 0 Å². The van der Waals surface area contributed by atoms with Crippen LogP contribution in [0.5, 0.6) is 0 Å². The van der Waals surface area contributed by atoms with Crippen molar-refractivity contribution >= 4 is 0 Å². The number of hydrogen-bond donors (Lipinski definition) is 1. The van der Waals surface area contributed by atoms with Crippen molar-refractivity contribution in [2.75, 3.05) is 0 Å². The minimum atomic E-state index is -1.14. The predicted octanol–water partition coefficient (Wildman–Crippen LogP) is 4.23. The minimum absolute atomic E-state index is 0.0210. The summed E-state index contributed by atoms with van der Waals surface area (Å²) in [5.41, 5.74) is 2.04. The molecule has 1 unspecified atom stereocenters. The Kier molecular flexibility index (Phi) is 3.30. The Balaban J connectivity index is 1.91. The first-order valence-electron chi connectivity index (χ1n) is 6.80. The summed E-state index contributed by atoms with van der Waals surface area (Å²) in [6.45, 7) is 1.50. The fraction of sp³-hybridized carbons (Fsp3) is 0.294. The van der Waals surface area contributed by atoms with Gasteiger partial charge in [-0.2, -0.15) is 0 Å². The molecule has 1 aliphatic rings. The number of hydrogen-bond acceptors (Lipinski definition) is 1. The van der Waals surface area contributed by atoms with E-state index in [2.05, 4.69) is 0 Å². The van der Waals surface area contributed by atoms with Crippen LogP contribution in [0.4, 0.5) is 8.78 Å². The molecule has 1 nitrogen and oxygen atoms in total. The van der Waals surface area contributed by atoms with Gasteiger partial charge in [-0.3, -0.25) is 0 Å². The van der Waals surface area contributed by atoms with Crippen molar-refractivity contribution in [1.29, 1.82) is 0 Å². The fourth-order valence-electron chi connectivity index (χ4n) is 2.42. The van der Waals surface area contributed by atoms with Gasteiger partial charge in [-0.15, -0.1) is 0 Å². The topological polar surface area (TPSA) is 20.2 Å². The molecule has 3 heteroatoms. The lowest BCUT2D eigenvalue weighted by Crippen LogP contribution is -2.05. The van der Waals surface area contributed by atoms with Crippen LogP contribution in [-0.4, -0.2) is 5.11 Å². The highest BCUT2D eigenvalue weighted by atomic mass is 19.2. The van der Waals surface area contributed by atoms with Gasteiger partial charge in [0.15, 0.2) is 11.6 Å². The number of benzene rings is 2. The second-order valence-corrected chi connectivity index (χ2v) is 5.44. The zero-order valence-electron chi connectivity index (χ0n) is 11.2. The monoisotopic (exact) mass is 274 g/mol. The van der Waals surface area contributed by atoms with E-state index in [0.29, 0.717) is 11.5 Å². The Hall–Kier alpha value is -1.74. The SMILES string of the molecule is Cc1ccc(C(O)c2ccc(C3CC3)cc2)c(F)c1F. The molecule has 0 amide bonds. The molecule has 0 heterocycles. The van der Waals surface area contributed by atoms with Crippen molar-refractivity contribution in [3.8, 4) is 0 Å². The van der Waals surface area contributed by atoms with E-state index in [1.165, 1.54) is 37.5 Å². The highest BCUT2D eigenvalue weighted by Crippen LogP contribution is 2.40. The zero-order valence-corrected chi connectivity index (χ0v) is 11.2. The van der Waals surface area contributed by atoms with Crippen molar-refractivity contribution < 1.29 is 13.9 Å². The molecule has 0 aliphatic heterocycles. The third kappa shape index (κ3) is 2.34. The summed E-state index contributed by atoms with van der Waals surface area (Å²) in [5.74, 6) is -1.23. The van der Waals surface area contributed by atoms with Gasteiger partial charge in [0, 0.05) is 5.56 Å². The Labute approximate surface area is 116 Å². The Morgan fingerprint density at radius 2 is 1.65 bits per heavy atom. The van der Waals surface area contributed by atoms with Gasteiger partial charge in [-0.05, 0) is 42.4 Å². The molecule has 1 N–H and O–H groups in total. The Morgan fingerprint density at radius 3 is 2.25 bits per heavy atom. The third-order valence-electron chi connectivity index (χ3n) is 3.90. The number of aliphatic hydroxyl groups is 1. The molecule has 1 saturated carbocycles. The summed E-state index contributed by atoms with van der Waals surface area (Å²) in [6.07, 6.45) is 1.28. The molecule has 1 aliphatic carbocycles. The molecule has 1 fully saturated rings. The third-order valence-corrected chi connectivity index (χ3v) is 3.90. The standard InChI is InChI=1S/C17H16F2O/c1-10-2-9-14(16(19)15(10)18)17(20)13-7-5-12(6-8-13)11-3-4-11/h2,5-9,11,17,20H,3-4H2,1H3. The highest BCUT2D eigenvalue weighted by Gasteiger charge is 2.24. The molecule has 3 rings (SSSR count). The van der Waals surface area contributed by atoms with Crippen LogP contribution in [-0.2, 0) is 0 Å². The highest BCUT2D eigenvalue weighted by molar-refractivity contribution is 5.36. The molecule has 1 atom stereocenters. The fourth-order valence-corrected chi connectivity index (χ4v) is 2.42. The average molecular weight is 274 g/mol. The van der Waals surface area contributed by atoms with Crippen molar-refractivity contribution in [2.24, 2.45) is 0 Å². The summed E-state index contributed by atoms with van der Waals surface area (Å²) in [6, 6.07) is 10.4. The molecule has 0 saturated heterocycles. The van der Waals surface area contributed by atoms with Crippen LogP contribution in [0.1, 0.15) is 47.1 Å². The number of halogens is 2. The molecule has 0 aromatic heterocycles. The summed E-state index contributed by atoms with van der Waals surface area (Å²) >= 11 is 0. The molecular weight excluding hydrogens is 258 g/mol. The minimum Gasteiger partial charge on any atom is -0.384 e. The molecule has 104 valence electrons. The summed E-state index contributed by atoms with van der Waals surface area (Å²) in [4.78, 5) is 0. The number of aliphatic hydroxyl groups excluding tert-OH is 1. The van der Waals surface area contributed by atoms with Gasteiger partial charge in [-0.1, -0.05) is 36.4 Å². The maximum atomic E-state index is 13.9. The first kappa shape index (κ1) is 13.3. The van der Waals surface area contributed by atoms with Gasteiger partial charge in [0.1, 0.15) is 6.10 Å². The Morgan fingerprint density at radius 1 is 1.00 bits per heavy atom. The molecule has 0 radical (unpaired) electrons. The number of rotatable bonds is 3. The van der Waals surface area contributed by atoms with Gasteiger partial charge in [0.25, 0.3) is 0 Å². The van der Waals surface area contributed by atoms with Gasteiger partial charge < -0.3 is 5.11 Å². The molecule has 0 bridgehead atoms. The van der Waals surface area contributed by atoms with Crippen LogP contribution < -0.4 is 0 Å². The van der Waals surface area contributed by atoms with E-state index in [-0.39, 0.29) is 11.1 Å². The molecule has 0 spiro atoms. The van der Waals surface area contributed by atoms with Gasteiger partial charge in [-0.25, -0.2) is 8.78 Å². The lowest BCUT2D eigenvalue weighted by Gasteiger charge is -2.14. The molecule has 2 aromatic rings. The van der Waals surface area contributed by atoms with Crippen LogP contribution in [0.3, 0.4) is 0 Å². The maximum Gasteiger partial charge on any atom is 0.165 e. The van der Waals surface area contributed by atoms with E-state index in [4.69, 9.17) is 0 Å². The van der Waals surface area contributed by atoms with E-state index >= 15 is 0 Å². The van der Waals surface area contributed by atoms with Crippen molar-refractivity contribution in [2.45, 2.75) is 31.8 Å². The van der Waals surface area contributed by atoms with E-state index in [9.17, 15) is 13.9 Å². The van der Waals surface area contributed by atoms with Crippen LogP contribution in [0.2, 0.25) is 0 Å². The zero-order chi connectivity index (χ0) is 14.3. The van der Waals surface area contributed by atoms with Gasteiger partial charge in [0.2, 0.25) is 0 Å². The largest absolute Gasteiger partial charge is 0.384 e. The first-order chi connectivity index (χ1) is 9.58. The van der Waals surface area contributed by atoms with Crippen LogP contribution in [0, 0.1) is 18.6 Å². The predicted molar refractivity (Wildman–Crippen MR) is 73.6 cm³/mol. The lowest BCUT2D eigenvalue weighted by atomic mass is 9.98. The second-order valence-electron chi connectivity index (χ2n) is 5.44. The van der Waals surface area contributed by atoms with Gasteiger partial charge in [0.05, 0.1) is 0 Å². The van der Waals surface area contributed by atoms with E-state index < -0.39 is 17.7 Å². The van der Waals surface area contributed by atoms with Crippen LogP contribution >= 0.6 is 0 Å². The van der Waals surface area contributed by atoms with Crippen molar-refractivity contribution in [3.63, 3.8) is 0 Å². The molecular formula is C17H16F2O. The smallest absolute Gasteiger partial charge is 0.165 e. The van der Waals surface area contributed by atoms with Crippen molar-refractivity contribution in [1.82, 2.24) is 0 Å². The normalized spacial score (nSPS) is 16.2. The van der Waals surface area contributed by atoms with E-state index in [0.717, 1.165) is 0 Å². The lowest BCUT2D eigenvalue weighted by molar-refractivity contribution is 0.213. The second kappa shape index (κ2) is 4.98. The van der Waals surface area contributed by atoms with Crippen LogP contribution in [0.15, 0.2) is 36.4 Å². The van der Waals surface area contributed by atoms with Crippen molar-refractivity contribution in [3.05, 3.63) is 70.3 Å². The molecule has 2 aromatic carbocycles.